The molecule has 0 unspecified atom stereocenters. The molecule has 2 nitrogen and oxygen atoms in total. The van der Waals surface area contributed by atoms with E-state index in [2.05, 4.69) is 35.3 Å². The van der Waals surface area contributed by atoms with Gasteiger partial charge in [-0.2, -0.15) is 0 Å². The molecule has 0 saturated heterocycles. The first-order chi connectivity index (χ1) is 11.2. The maximum Gasteiger partial charge on any atom is 0.0705 e. The van der Waals surface area contributed by atoms with E-state index >= 15 is 0 Å². The van der Waals surface area contributed by atoms with Gasteiger partial charge in [0, 0.05) is 23.4 Å². The molecule has 3 aromatic rings. The van der Waals surface area contributed by atoms with Gasteiger partial charge in [-0.3, -0.25) is 4.98 Å². The van der Waals surface area contributed by atoms with Gasteiger partial charge >= 0.3 is 0 Å². The molecule has 1 N–H and O–H groups in total. The highest BCUT2D eigenvalue weighted by Gasteiger charge is 2.03. The lowest BCUT2D eigenvalue weighted by atomic mass is 10.0. The molecule has 0 fully saturated rings. The van der Waals surface area contributed by atoms with Crippen molar-refractivity contribution >= 4 is 24.0 Å². The minimum absolute atomic E-state index is 0. The van der Waals surface area contributed by atoms with Crippen LogP contribution < -0.4 is 0 Å². The van der Waals surface area contributed by atoms with Crippen molar-refractivity contribution in [2.75, 3.05) is 6.61 Å². The Morgan fingerprint density at radius 2 is 1.62 bits per heavy atom. The van der Waals surface area contributed by atoms with Crippen LogP contribution in [0.5, 0.6) is 0 Å². The standard InChI is InChI=1S/C20H18ClNO.ClH/c21-19-3-1-2-18(14-19)20-13-17(8-10-22-20)12-16-6-4-15(5-7-16)9-11-23;/h1-8,10,13-14,23H,9,11-12H2;1H. The SMILES string of the molecule is Cl.OCCc1ccc(Cc2ccnc(-c3cccc(Cl)c3)c2)cc1. The van der Waals surface area contributed by atoms with Crippen molar-refractivity contribution in [2.45, 2.75) is 12.8 Å². The number of benzene rings is 2. The number of hydrogen-bond acceptors (Lipinski definition) is 2. The van der Waals surface area contributed by atoms with Gasteiger partial charge in [-0.1, -0.05) is 48.0 Å². The molecule has 2 aromatic carbocycles. The van der Waals surface area contributed by atoms with E-state index in [0.29, 0.717) is 11.4 Å². The van der Waals surface area contributed by atoms with Crippen molar-refractivity contribution < 1.29 is 5.11 Å². The van der Waals surface area contributed by atoms with Crippen molar-refractivity contribution in [1.29, 1.82) is 0 Å². The molecule has 0 spiro atoms. The highest BCUT2D eigenvalue weighted by molar-refractivity contribution is 6.30. The molecule has 0 saturated carbocycles. The third-order valence-electron chi connectivity index (χ3n) is 3.78. The second-order valence-corrected chi connectivity index (χ2v) is 5.96. The third-order valence-corrected chi connectivity index (χ3v) is 4.01. The second kappa shape index (κ2) is 8.84. The highest BCUT2D eigenvalue weighted by Crippen LogP contribution is 2.22. The van der Waals surface area contributed by atoms with Crippen LogP contribution in [0.4, 0.5) is 0 Å². The summed E-state index contributed by atoms with van der Waals surface area (Å²) in [7, 11) is 0. The molecule has 1 aromatic heterocycles. The van der Waals surface area contributed by atoms with E-state index in [1.165, 1.54) is 11.1 Å². The molecule has 3 rings (SSSR count). The molecule has 0 atom stereocenters. The number of aromatic nitrogens is 1. The van der Waals surface area contributed by atoms with Crippen LogP contribution in [0.2, 0.25) is 5.02 Å². The first-order valence-corrected chi connectivity index (χ1v) is 8.02. The summed E-state index contributed by atoms with van der Waals surface area (Å²) in [5, 5.41) is 9.68. The molecule has 0 aliphatic carbocycles. The number of nitrogens with zero attached hydrogens (tertiary/aromatic N) is 1. The van der Waals surface area contributed by atoms with Gasteiger partial charge in [0.25, 0.3) is 0 Å². The Labute approximate surface area is 153 Å². The molecule has 4 heteroatoms. The molecule has 0 radical (unpaired) electrons. The van der Waals surface area contributed by atoms with E-state index < -0.39 is 0 Å². The van der Waals surface area contributed by atoms with Crippen LogP contribution in [0.1, 0.15) is 16.7 Å². The molecule has 0 aliphatic rings. The van der Waals surface area contributed by atoms with E-state index in [1.54, 1.807) is 0 Å². The Morgan fingerprint density at radius 3 is 2.33 bits per heavy atom. The van der Waals surface area contributed by atoms with E-state index in [0.717, 1.165) is 23.2 Å². The molecule has 24 heavy (non-hydrogen) atoms. The Hall–Kier alpha value is -1.87. The number of halogens is 2. The van der Waals surface area contributed by atoms with Gasteiger partial charge in [0.2, 0.25) is 0 Å². The van der Waals surface area contributed by atoms with Crippen molar-refractivity contribution in [2.24, 2.45) is 0 Å². The monoisotopic (exact) mass is 359 g/mol. The summed E-state index contributed by atoms with van der Waals surface area (Å²) in [6.07, 6.45) is 3.40. The van der Waals surface area contributed by atoms with Crippen LogP contribution in [0.15, 0.2) is 66.9 Å². The highest BCUT2D eigenvalue weighted by atomic mass is 35.5. The topological polar surface area (TPSA) is 33.1 Å². The van der Waals surface area contributed by atoms with E-state index in [-0.39, 0.29) is 19.0 Å². The van der Waals surface area contributed by atoms with Crippen LogP contribution in [0, 0.1) is 0 Å². The van der Waals surface area contributed by atoms with Crippen molar-refractivity contribution in [3.63, 3.8) is 0 Å². The zero-order valence-electron chi connectivity index (χ0n) is 13.2. The fourth-order valence-corrected chi connectivity index (χ4v) is 2.77. The summed E-state index contributed by atoms with van der Waals surface area (Å²) in [6.45, 7) is 0.187. The number of pyridine rings is 1. The minimum atomic E-state index is 0. The fourth-order valence-electron chi connectivity index (χ4n) is 2.58. The first-order valence-electron chi connectivity index (χ1n) is 7.64. The lowest BCUT2D eigenvalue weighted by Gasteiger charge is -2.07. The van der Waals surface area contributed by atoms with Crippen molar-refractivity contribution in [3.8, 4) is 11.3 Å². The summed E-state index contributed by atoms with van der Waals surface area (Å²) >= 11 is 6.06. The van der Waals surface area contributed by atoms with Crippen LogP contribution in [0.3, 0.4) is 0 Å². The maximum absolute atomic E-state index is 8.97. The lowest BCUT2D eigenvalue weighted by molar-refractivity contribution is 0.299. The summed E-state index contributed by atoms with van der Waals surface area (Å²) in [5.41, 5.74) is 5.57. The average molecular weight is 360 g/mol. The predicted molar refractivity (Wildman–Crippen MR) is 102 cm³/mol. The van der Waals surface area contributed by atoms with E-state index in [9.17, 15) is 0 Å². The van der Waals surface area contributed by atoms with Crippen molar-refractivity contribution in [3.05, 3.63) is 88.6 Å². The first kappa shape index (κ1) is 18.5. The van der Waals surface area contributed by atoms with Gasteiger partial charge in [0.15, 0.2) is 0 Å². The molecular weight excluding hydrogens is 341 g/mol. The van der Waals surface area contributed by atoms with Gasteiger partial charge in [-0.05, 0) is 53.8 Å². The zero-order valence-corrected chi connectivity index (χ0v) is 14.7. The number of hydrogen-bond donors (Lipinski definition) is 1. The molecule has 0 aliphatic heterocycles. The average Bonchev–Trinajstić information content (AvgIpc) is 2.57. The summed E-state index contributed by atoms with van der Waals surface area (Å²) in [6, 6.07) is 20.3. The van der Waals surface area contributed by atoms with Gasteiger partial charge in [-0.15, -0.1) is 12.4 Å². The Balaban J connectivity index is 0.00000208. The van der Waals surface area contributed by atoms with Crippen LogP contribution in [-0.2, 0) is 12.8 Å². The van der Waals surface area contributed by atoms with Gasteiger partial charge in [0.1, 0.15) is 0 Å². The lowest BCUT2D eigenvalue weighted by Crippen LogP contribution is -1.93. The number of aliphatic hydroxyl groups excluding tert-OH is 1. The van der Waals surface area contributed by atoms with E-state index in [1.807, 2.05) is 36.5 Å². The smallest absolute Gasteiger partial charge is 0.0705 e. The normalized spacial score (nSPS) is 10.2. The van der Waals surface area contributed by atoms with Crippen LogP contribution >= 0.6 is 24.0 Å². The molecule has 0 amide bonds. The Kier molecular flexibility index (Phi) is 6.80. The number of rotatable bonds is 5. The van der Waals surface area contributed by atoms with E-state index in [4.69, 9.17) is 16.7 Å². The zero-order chi connectivity index (χ0) is 16.1. The third kappa shape index (κ3) is 4.81. The van der Waals surface area contributed by atoms with Crippen LogP contribution in [0.25, 0.3) is 11.3 Å². The second-order valence-electron chi connectivity index (χ2n) is 5.53. The van der Waals surface area contributed by atoms with Gasteiger partial charge in [0.05, 0.1) is 5.69 Å². The van der Waals surface area contributed by atoms with Crippen LogP contribution in [-0.4, -0.2) is 16.7 Å². The minimum Gasteiger partial charge on any atom is -0.396 e. The molecule has 124 valence electrons. The fraction of sp³-hybridized carbons (Fsp3) is 0.150. The number of aliphatic hydroxyl groups is 1. The quantitative estimate of drug-likeness (QED) is 0.698. The summed E-state index contributed by atoms with van der Waals surface area (Å²) in [4.78, 5) is 4.44. The predicted octanol–water partition coefficient (Wildman–Crippen LogP) is 4.95. The summed E-state index contributed by atoms with van der Waals surface area (Å²) in [5.74, 6) is 0. The largest absolute Gasteiger partial charge is 0.396 e. The van der Waals surface area contributed by atoms with Crippen molar-refractivity contribution in [1.82, 2.24) is 4.98 Å². The Morgan fingerprint density at radius 1 is 0.875 bits per heavy atom. The maximum atomic E-state index is 8.97. The van der Waals surface area contributed by atoms with Gasteiger partial charge < -0.3 is 5.11 Å². The molecule has 1 heterocycles. The van der Waals surface area contributed by atoms with Gasteiger partial charge in [-0.25, -0.2) is 0 Å². The summed E-state index contributed by atoms with van der Waals surface area (Å²) < 4.78 is 0. The Bertz CT molecular complexity index is 788. The molecule has 0 bridgehead atoms. The molecular formula is C20H19Cl2NO.